The largest absolute Gasteiger partial charge is 0.416 e. The molecule has 3 aromatic rings. The lowest BCUT2D eigenvalue weighted by Crippen LogP contribution is -2.25. The Bertz CT molecular complexity index is 1010. The molecule has 0 bridgehead atoms. The summed E-state index contributed by atoms with van der Waals surface area (Å²) in [6, 6.07) is 14.0. The van der Waals surface area contributed by atoms with Gasteiger partial charge in [-0.1, -0.05) is 30.3 Å². The lowest BCUT2D eigenvalue weighted by atomic mass is 10.1. The van der Waals surface area contributed by atoms with Gasteiger partial charge < -0.3 is 5.32 Å². The fourth-order valence-electron chi connectivity index (χ4n) is 2.61. The molecule has 0 atom stereocenters. The third-order valence-corrected chi connectivity index (χ3v) is 4.87. The fraction of sp³-hybridized carbons (Fsp3) is 0.200. The number of aryl methyl sites for hydroxylation is 1. The Morgan fingerprint density at radius 3 is 2.43 bits per heavy atom. The van der Waals surface area contributed by atoms with E-state index in [1.807, 2.05) is 37.3 Å². The molecule has 0 saturated heterocycles. The number of halogens is 3. The number of nitrogens with one attached hydrogen (secondary N) is 1. The van der Waals surface area contributed by atoms with Crippen molar-refractivity contribution >= 4 is 17.4 Å². The van der Waals surface area contributed by atoms with Crippen LogP contribution < -0.4 is 10.1 Å². The molecule has 2 aromatic carbocycles. The predicted octanol–water partition coefficient (Wildman–Crippen LogP) is 4.72. The zero-order chi connectivity index (χ0) is 20.1. The molecule has 1 heterocycles. The SMILES string of the molecule is Cc1cn(-c2ccc(C(F)(F)F)cc2)c(=NC(=O)NCCc2ccccc2)s1. The molecule has 2 amide bonds. The maximum Gasteiger partial charge on any atom is 0.416 e. The number of amides is 2. The van der Waals surface area contributed by atoms with E-state index in [0.29, 0.717) is 23.5 Å². The van der Waals surface area contributed by atoms with Gasteiger partial charge in [-0.15, -0.1) is 11.3 Å². The molecule has 0 aliphatic rings. The van der Waals surface area contributed by atoms with Crippen LogP contribution in [0.1, 0.15) is 16.0 Å². The molecule has 0 saturated carbocycles. The summed E-state index contributed by atoms with van der Waals surface area (Å²) >= 11 is 1.29. The summed E-state index contributed by atoms with van der Waals surface area (Å²) in [5.41, 5.74) is 0.892. The van der Waals surface area contributed by atoms with Gasteiger partial charge in [0, 0.05) is 23.3 Å². The van der Waals surface area contributed by atoms with E-state index < -0.39 is 17.8 Å². The van der Waals surface area contributed by atoms with E-state index in [1.165, 1.54) is 23.5 Å². The van der Waals surface area contributed by atoms with Gasteiger partial charge in [0.1, 0.15) is 0 Å². The fourth-order valence-corrected chi connectivity index (χ4v) is 3.45. The Morgan fingerprint density at radius 1 is 1.11 bits per heavy atom. The highest BCUT2D eigenvalue weighted by molar-refractivity contribution is 7.09. The average molecular weight is 405 g/mol. The van der Waals surface area contributed by atoms with E-state index in [4.69, 9.17) is 0 Å². The number of rotatable bonds is 4. The Balaban J connectivity index is 1.74. The first-order valence-electron chi connectivity index (χ1n) is 8.56. The van der Waals surface area contributed by atoms with Gasteiger partial charge in [-0.3, -0.25) is 4.57 Å². The second-order valence-electron chi connectivity index (χ2n) is 6.12. The lowest BCUT2D eigenvalue weighted by molar-refractivity contribution is -0.137. The van der Waals surface area contributed by atoms with Crippen molar-refractivity contribution in [1.29, 1.82) is 0 Å². The minimum absolute atomic E-state index is 0.398. The molecular formula is C20H18F3N3OS. The highest BCUT2D eigenvalue weighted by Gasteiger charge is 2.30. The molecule has 146 valence electrons. The standard InChI is InChI=1S/C20H18F3N3OS/c1-14-13-26(17-9-7-16(8-10-17)20(21,22)23)19(28-14)25-18(27)24-12-11-15-5-3-2-4-6-15/h2-10,13H,11-12H2,1H3,(H,24,27). The number of hydrogen-bond acceptors (Lipinski definition) is 2. The highest BCUT2D eigenvalue weighted by atomic mass is 32.1. The van der Waals surface area contributed by atoms with Crippen molar-refractivity contribution in [2.24, 2.45) is 4.99 Å². The minimum Gasteiger partial charge on any atom is -0.336 e. The van der Waals surface area contributed by atoms with Gasteiger partial charge in [-0.05, 0) is 43.2 Å². The third-order valence-electron chi connectivity index (χ3n) is 3.97. The van der Waals surface area contributed by atoms with Crippen LogP contribution in [0.2, 0.25) is 0 Å². The number of thiazole rings is 1. The second kappa shape index (κ2) is 8.43. The first kappa shape index (κ1) is 19.9. The van der Waals surface area contributed by atoms with Gasteiger partial charge in [0.25, 0.3) is 0 Å². The molecule has 28 heavy (non-hydrogen) atoms. The normalized spacial score (nSPS) is 12.2. The van der Waals surface area contributed by atoms with Gasteiger partial charge in [0.15, 0.2) is 4.80 Å². The van der Waals surface area contributed by atoms with Crippen LogP contribution in [0.4, 0.5) is 18.0 Å². The molecule has 0 spiro atoms. The van der Waals surface area contributed by atoms with Crippen molar-refractivity contribution in [2.45, 2.75) is 19.5 Å². The first-order chi connectivity index (χ1) is 13.3. The molecule has 8 heteroatoms. The predicted molar refractivity (Wildman–Crippen MR) is 102 cm³/mol. The van der Waals surface area contributed by atoms with Crippen LogP contribution >= 0.6 is 11.3 Å². The summed E-state index contributed by atoms with van der Waals surface area (Å²) in [5.74, 6) is 0. The molecule has 0 fully saturated rings. The topological polar surface area (TPSA) is 46.4 Å². The molecule has 1 N–H and O–H groups in total. The monoisotopic (exact) mass is 405 g/mol. The lowest BCUT2D eigenvalue weighted by Gasteiger charge is -2.08. The zero-order valence-corrected chi connectivity index (χ0v) is 15.8. The summed E-state index contributed by atoms with van der Waals surface area (Å²) in [6.45, 7) is 2.29. The molecule has 3 rings (SSSR count). The number of nitrogens with zero attached hydrogens (tertiary/aromatic N) is 2. The van der Waals surface area contributed by atoms with Crippen LogP contribution in [0.25, 0.3) is 5.69 Å². The Hall–Kier alpha value is -2.87. The van der Waals surface area contributed by atoms with E-state index >= 15 is 0 Å². The molecule has 4 nitrogen and oxygen atoms in total. The molecular weight excluding hydrogens is 387 g/mol. The summed E-state index contributed by atoms with van der Waals surface area (Å²) in [6.07, 6.45) is -1.96. The van der Waals surface area contributed by atoms with E-state index in [1.54, 1.807) is 10.8 Å². The van der Waals surface area contributed by atoms with Gasteiger partial charge >= 0.3 is 12.2 Å². The molecule has 0 aliphatic heterocycles. The van der Waals surface area contributed by atoms with Gasteiger partial charge in [0.05, 0.1) is 5.56 Å². The molecule has 0 unspecified atom stereocenters. The maximum absolute atomic E-state index is 12.7. The number of carbonyl (C=O) groups is 1. The Kier molecular flexibility index (Phi) is 5.99. The Morgan fingerprint density at radius 2 is 1.79 bits per heavy atom. The maximum atomic E-state index is 12.7. The van der Waals surface area contributed by atoms with Crippen molar-refractivity contribution in [1.82, 2.24) is 9.88 Å². The number of alkyl halides is 3. The summed E-state index contributed by atoms with van der Waals surface area (Å²) in [5, 5.41) is 2.74. The van der Waals surface area contributed by atoms with Crippen LogP contribution in [0, 0.1) is 6.92 Å². The molecule has 0 radical (unpaired) electrons. The molecule has 0 aliphatic carbocycles. The van der Waals surface area contributed by atoms with Crippen LogP contribution in [0.5, 0.6) is 0 Å². The van der Waals surface area contributed by atoms with Crippen molar-refractivity contribution in [2.75, 3.05) is 6.54 Å². The third kappa shape index (κ3) is 5.10. The van der Waals surface area contributed by atoms with Gasteiger partial charge in [0.2, 0.25) is 0 Å². The van der Waals surface area contributed by atoms with E-state index in [2.05, 4.69) is 10.3 Å². The van der Waals surface area contributed by atoms with Crippen LogP contribution in [0.3, 0.4) is 0 Å². The van der Waals surface area contributed by atoms with Gasteiger partial charge in [-0.2, -0.15) is 18.2 Å². The minimum atomic E-state index is -4.39. The molecule has 1 aromatic heterocycles. The van der Waals surface area contributed by atoms with E-state index in [0.717, 1.165) is 22.6 Å². The number of benzene rings is 2. The number of aromatic nitrogens is 1. The highest BCUT2D eigenvalue weighted by Crippen LogP contribution is 2.29. The van der Waals surface area contributed by atoms with Crippen molar-refractivity contribution in [3.63, 3.8) is 0 Å². The summed E-state index contributed by atoms with van der Waals surface area (Å²) in [7, 11) is 0. The summed E-state index contributed by atoms with van der Waals surface area (Å²) < 4.78 is 39.8. The smallest absolute Gasteiger partial charge is 0.336 e. The van der Waals surface area contributed by atoms with Crippen molar-refractivity contribution in [3.8, 4) is 5.69 Å². The number of hydrogen-bond donors (Lipinski definition) is 1. The average Bonchev–Trinajstić information content (AvgIpc) is 3.02. The van der Waals surface area contributed by atoms with E-state index in [-0.39, 0.29) is 0 Å². The quantitative estimate of drug-likeness (QED) is 0.671. The van der Waals surface area contributed by atoms with Crippen LogP contribution in [-0.2, 0) is 12.6 Å². The Labute approximate surface area is 164 Å². The summed E-state index contributed by atoms with van der Waals surface area (Å²) in [4.78, 5) is 17.5. The number of carbonyl (C=O) groups excluding carboxylic acids is 1. The van der Waals surface area contributed by atoms with E-state index in [9.17, 15) is 18.0 Å². The first-order valence-corrected chi connectivity index (χ1v) is 9.38. The van der Waals surface area contributed by atoms with Crippen molar-refractivity contribution < 1.29 is 18.0 Å². The zero-order valence-electron chi connectivity index (χ0n) is 15.0. The number of urea groups is 1. The second-order valence-corrected chi connectivity index (χ2v) is 7.33. The van der Waals surface area contributed by atoms with Crippen molar-refractivity contribution in [3.05, 3.63) is 81.6 Å². The van der Waals surface area contributed by atoms with Crippen LogP contribution in [0.15, 0.2) is 65.8 Å². The van der Waals surface area contributed by atoms with Gasteiger partial charge in [-0.25, -0.2) is 4.79 Å². The van der Waals surface area contributed by atoms with Crippen LogP contribution in [-0.4, -0.2) is 17.1 Å².